The highest BCUT2D eigenvalue weighted by Gasteiger charge is 2.66. The van der Waals surface area contributed by atoms with Crippen LogP contribution in [0.3, 0.4) is 0 Å². The van der Waals surface area contributed by atoms with E-state index in [0.717, 1.165) is 5.57 Å². The first-order chi connectivity index (χ1) is 24.1. The van der Waals surface area contributed by atoms with Crippen molar-refractivity contribution in [2.75, 3.05) is 20.8 Å². The smallest absolute Gasteiger partial charge is 0.303 e. The molecule has 2 amide bonds. The molecule has 256 valence electrons. The average molecular weight is 676 g/mol. The van der Waals surface area contributed by atoms with Gasteiger partial charge >= 0.3 is 5.97 Å². The number of methoxy groups -OCH3 is 2. The number of phenols is 1. The maximum absolute atomic E-state index is 15.2. The molecular weight excluding hydrogens is 638 g/mol. The molecule has 1 aliphatic heterocycles. The van der Waals surface area contributed by atoms with E-state index in [4.69, 9.17) is 9.47 Å². The third-order valence-electron chi connectivity index (χ3n) is 11.1. The number of hydrogen-bond donors (Lipinski definition) is 2. The lowest BCUT2D eigenvalue weighted by atomic mass is 9.44. The Morgan fingerprint density at radius 3 is 2.16 bits per heavy atom. The van der Waals surface area contributed by atoms with E-state index in [-0.39, 0.29) is 72.5 Å². The molecule has 3 aliphatic carbocycles. The van der Waals surface area contributed by atoms with Gasteiger partial charge in [0, 0.05) is 48.1 Å². The molecule has 0 bridgehead atoms. The van der Waals surface area contributed by atoms with Gasteiger partial charge in [0.05, 0.1) is 31.5 Å². The first-order valence-corrected chi connectivity index (χ1v) is 16.8. The van der Waals surface area contributed by atoms with E-state index in [1.807, 2.05) is 42.5 Å². The lowest BCUT2D eigenvalue weighted by Crippen LogP contribution is -2.59. The molecule has 50 heavy (non-hydrogen) atoms. The fourth-order valence-corrected chi connectivity index (χ4v) is 9.07. The number of carbonyl (C=O) groups is 5. The van der Waals surface area contributed by atoms with Crippen LogP contribution < -0.4 is 9.47 Å². The van der Waals surface area contributed by atoms with Gasteiger partial charge in [-0.15, -0.1) is 0 Å². The fraction of sp³-hybridized carbons (Fsp3) is 0.325. The quantitative estimate of drug-likeness (QED) is 0.234. The van der Waals surface area contributed by atoms with Gasteiger partial charge in [0.2, 0.25) is 11.8 Å². The number of allylic oxidation sites excluding steroid dienone is 4. The maximum atomic E-state index is 15.2. The molecule has 1 heterocycles. The SMILES string of the molecule is COc1cc(O)cc(OC)c1[C@H]1C2=CC[C@@H]3C(=O)N(CCCC(=O)O)C(=O)[C@@H]3[C@@H]2C[C@H]2C(=O)C(c3ccccc3)=CC(=O)[C@@]12c1ccccc1. The normalized spacial score (nSPS) is 27.2. The Labute approximate surface area is 289 Å². The van der Waals surface area contributed by atoms with Crippen molar-refractivity contribution < 1.29 is 43.7 Å². The number of rotatable bonds is 9. The number of carbonyl (C=O) groups excluding carboxylic acids is 4. The van der Waals surface area contributed by atoms with E-state index in [0.29, 0.717) is 16.7 Å². The number of aromatic hydroxyl groups is 1. The minimum absolute atomic E-state index is 0.0161. The highest BCUT2D eigenvalue weighted by Crippen LogP contribution is 2.65. The summed E-state index contributed by atoms with van der Waals surface area (Å²) in [4.78, 5) is 70.7. The number of aliphatic carboxylic acids is 1. The van der Waals surface area contributed by atoms with Crippen LogP contribution in [0.1, 0.15) is 48.3 Å². The molecule has 3 aromatic rings. The van der Waals surface area contributed by atoms with Crippen LogP contribution in [0, 0.1) is 23.7 Å². The molecule has 0 unspecified atom stereocenters. The Morgan fingerprint density at radius 2 is 1.54 bits per heavy atom. The van der Waals surface area contributed by atoms with Crippen LogP contribution in [0.2, 0.25) is 0 Å². The first kappa shape index (κ1) is 33.0. The van der Waals surface area contributed by atoms with Gasteiger partial charge in [-0.05, 0) is 42.4 Å². The zero-order chi connectivity index (χ0) is 35.3. The average Bonchev–Trinajstić information content (AvgIpc) is 3.37. The van der Waals surface area contributed by atoms with E-state index < -0.39 is 46.9 Å². The van der Waals surface area contributed by atoms with Gasteiger partial charge in [-0.3, -0.25) is 28.9 Å². The predicted molar refractivity (Wildman–Crippen MR) is 181 cm³/mol. The van der Waals surface area contributed by atoms with Crippen molar-refractivity contribution in [1.82, 2.24) is 4.90 Å². The summed E-state index contributed by atoms with van der Waals surface area (Å²) >= 11 is 0. The number of likely N-dealkylation sites (tertiary alicyclic amines) is 1. The Kier molecular flexibility index (Phi) is 8.41. The first-order valence-electron chi connectivity index (χ1n) is 16.8. The summed E-state index contributed by atoms with van der Waals surface area (Å²) < 4.78 is 11.7. The summed E-state index contributed by atoms with van der Waals surface area (Å²) in [5, 5.41) is 19.9. The highest BCUT2D eigenvalue weighted by molar-refractivity contribution is 6.31. The van der Waals surface area contributed by atoms with Crippen LogP contribution in [-0.2, 0) is 29.4 Å². The van der Waals surface area contributed by atoms with Gasteiger partial charge < -0.3 is 19.7 Å². The van der Waals surface area contributed by atoms with E-state index >= 15 is 9.59 Å². The molecule has 7 rings (SSSR count). The molecule has 2 fully saturated rings. The van der Waals surface area contributed by atoms with Gasteiger partial charge in [0.15, 0.2) is 11.6 Å². The van der Waals surface area contributed by atoms with E-state index in [1.54, 1.807) is 24.3 Å². The molecule has 3 aromatic carbocycles. The van der Waals surface area contributed by atoms with Crippen molar-refractivity contribution in [3.05, 3.63) is 107 Å². The van der Waals surface area contributed by atoms with Crippen molar-refractivity contribution in [3.63, 3.8) is 0 Å². The topological polar surface area (TPSA) is 148 Å². The lowest BCUT2D eigenvalue weighted by Gasteiger charge is -2.55. The fourth-order valence-electron chi connectivity index (χ4n) is 9.07. The Balaban J connectivity index is 1.49. The Bertz CT molecular complexity index is 1940. The monoisotopic (exact) mass is 675 g/mol. The van der Waals surface area contributed by atoms with Crippen LogP contribution in [0.15, 0.2) is 90.5 Å². The molecule has 10 heteroatoms. The van der Waals surface area contributed by atoms with Crippen LogP contribution in [0.5, 0.6) is 17.2 Å². The molecule has 1 saturated heterocycles. The number of nitrogens with zero attached hydrogens (tertiary/aromatic N) is 1. The summed E-state index contributed by atoms with van der Waals surface area (Å²) in [5.41, 5.74) is 1.15. The van der Waals surface area contributed by atoms with Crippen molar-refractivity contribution in [3.8, 4) is 17.2 Å². The minimum Gasteiger partial charge on any atom is -0.508 e. The van der Waals surface area contributed by atoms with Gasteiger partial charge in [0.25, 0.3) is 0 Å². The molecule has 2 N–H and O–H groups in total. The predicted octanol–water partition coefficient (Wildman–Crippen LogP) is 5.10. The highest BCUT2D eigenvalue weighted by atomic mass is 16.5. The molecule has 4 aliphatic rings. The molecule has 0 radical (unpaired) electrons. The second-order valence-corrected chi connectivity index (χ2v) is 13.4. The number of Topliss-reactive ketones (excluding diaryl/α,β-unsaturated/α-hetero) is 1. The second kappa shape index (κ2) is 12.7. The molecule has 6 atom stereocenters. The minimum atomic E-state index is -1.50. The maximum Gasteiger partial charge on any atom is 0.303 e. The number of carboxylic acid groups (broad SMARTS) is 1. The van der Waals surface area contributed by atoms with E-state index in [9.17, 15) is 24.6 Å². The van der Waals surface area contributed by atoms with Crippen LogP contribution in [-0.4, -0.2) is 65.2 Å². The van der Waals surface area contributed by atoms with Crippen molar-refractivity contribution in [1.29, 1.82) is 0 Å². The summed E-state index contributed by atoms with van der Waals surface area (Å²) in [7, 11) is 2.90. The number of hydrogen-bond acceptors (Lipinski definition) is 8. The van der Waals surface area contributed by atoms with Gasteiger partial charge in [-0.2, -0.15) is 0 Å². The third kappa shape index (κ3) is 4.96. The third-order valence-corrected chi connectivity index (χ3v) is 11.1. The number of phenolic OH excluding ortho intramolecular Hbond substituents is 1. The molecule has 10 nitrogen and oxygen atoms in total. The number of ketones is 2. The van der Waals surface area contributed by atoms with Crippen LogP contribution in [0.4, 0.5) is 0 Å². The van der Waals surface area contributed by atoms with Gasteiger partial charge in [-0.25, -0.2) is 0 Å². The second-order valence-electron chi connectivity index (χ2n) is 13.4. The van der Waals surface area contributed by atoms with Crippen molar-refractivity contribution >= 4 is 34.9 Å². The number of benzene rings is 3. The summed E-state index contributed by atoms with van der Waals surface area (Å²) in [5.74, 6) is -5.92. The van der Waals surface area contributed by atoms with Crippen LogP contribution >= 0.6 is 0 Å². The number of carboxylic acids is 1. The van der Waals surface area contributed by atoms with Crippen molar-refractivity contribution in [2.24, 2.45) is 23.7 Å². The molecule has 1 saturated carbocycles. The standard InChI is InChI=1S/C40H37NO9/c1-49-30-18-24(42)19-31(50-2)35(30)36-25-15-16-26-34(39(48)41(38(26)47)17-9-14-33(44)45)28(25)20-29-37(46)27(22-10-5-3-6-11-22)21-32(43)40(29,36)23-12-7-4-8-13-23/h3-8,10-13,15,18-19,21,26,28-29,34,36,42H,9,14,16-17,20H2,1-2H3,(H,44,45)/t26-,28+,29-,34-,36+,40-/m0/s1. The Hall–Kier alpha value is -5.51. The lowest BCUT2D eigenvalue weighted by molar-refractivity contribution is -0.142. The van der Waals surface area contributed by atoms with Crippen LogP contribution in [0.25, 0.3) is 5.57 Å². The largest absolute Gasteiger partial charge is 0.508 e. The van der Waals surface area contributed by atoms with Gasteiger partial charge in [-0.1, -0.05) is 72.3 Å². The number of imide groups is 1. The number of amides is 2. The van der Waals surface area contributed by atoms with Gasteiger partial charge in [0.1, 0.15) is 17.2 Å². The van der Waals surface area contributed by atoms with Crippen molar-refractivity contribution in [2.45, 2.75) is 37.0 Å². The zero-order valence-corrected chi connectivity index (χ0v) is 27.7. The summed E-state index contributed by atoms with van der Waals surface area (Å²) in [6.07, 6.45) is 3.66. The number of fused-ring (bicyclic) bond motifs is 4. The zero-order valence-electron chi connectivity index (χ0n) is 27.7. The van der Waals surface area contributed by atoms with E-state index in [1.165, 1.54) is 37.3 Å². The number of ether oxygens (including phenoxy) is 2. The summed E-state index contributed by atoms with van der Waals surface area (Å²) in [6.45, 7) is -0.0161. The molecule has 0 spiro atoms. The summed E-state index contributed by atoms with van der Waals surface area (Å²) in [6, 6.07) is 21.1. The molecular formula is C40H37NO9. The van der Waals surface area contributed by atoms with E-state index in [2.05, 4.69) is 0 Å². The Morgan fingerprint density at radius 1 is 0.900 bits per heavy atom. The molecule has 0 aromatic heterocycles.